The molecule has 192 valence electrons. The van der Waals surface area contributed by atoms with Crippen molar-refractivity contribution in [3.8, 4) is 0 Å². The van der Waals surface area contributed by atoms with E-state index in [9.17, 15) is 14.4 Å². The first-order valence-electron chi connectivity index (χ1n) is 13.0. The van der Waals surface area contributed by atoms with Crippen molar-refractivity contribution in [1.29, 1.82) is 0 Å². The number of unbranched alkanes of at least 4 members (excludes halogenated alkanes) is 11. The van der Waals surface area contributed by atoms with Gasteiger partial charge < -0.3 is 19.8 Å². The molecule has 0 amide bonds. The van der Waals surface area contributed by atoms with Crippen LogP contribution >= 0.6 is 0 Å². The van der Waals surface area contributed by atoms with E-state index >= 15 is 0 Å². The molecule has 3 N–H and O–H groups in total. The minimum absolute atomic E-state index is 0.0955. The molecule has 0 unspecified atom stereocenters. The van der Waals surface area contributed by atoms with Crippen molar-refractivity contribution in [2.45, 2.75) is 110 Å². The van der Waals surface area contributed by atoms with Crippen LogP contribution in [0.5, 0.6) is 0 Å². The highest BCUT2D eigenvalue weighted by Crippen LogP contribution is 2.15. The third kappa shape index (κ3) is 20.4. The highest BCUT2D eigenvalue weighted by molar-refractivity contribution is 5.67. The Labute approximate surface area is 200 Å². The van der Waals surface area contributed by atoms with Crippen LogP contribution in [0.4, 0.5) is 0 Å². The lowest BCUT2D eigenvalue weighted by atomic mass is 10.1. The van der Waals surface area contributed by atoms with Gasteiger partial charge in [-0.2, -0.15) is 0 Å². The van der Waals surface area contributed by atoms with Gasteiger partial charge in [0.05, 0.1) is 45.4 Å². The van der Waals surface area contributed by atoms with E-state index in [2.05, 4.69) is 19.1 Å². The molecule has 0 aromatic rings. The zero-order valence-electron chi connectivity index (χ0n) is 20.8. The van der Waals surface area contributed by atoms with Gasteiger partial charge in [0, 0.05) is 6.42 Å². The molecule has 0 aliphatic heterocycles. The fourth-order valence-electron chi connectivity index (χ4n) is 4.18. The Hall–Kier alpha value is -1.89. The Kier molecular flexibility index (Phi) is 19.5. The van der Waals surface area contributed by atoms with Gasteiger partial charge in [-0.1, -0.05) is 83.3 Å². The first kappa shape index (κ1) is 31.1. The van der Waals surface area contributed by atoms with Crippen LogP contribution in [0.3, 0.4) is 0 Å². The Morgan fingerprint density at radius 3 is 1.30 bits per heavy atom. The standard InChI is InChI=1S/C26H47NO6/c1-2-3-4-5-6-7-8-9-10-11-12-13-14-15-16-20-27(21-17-24(28)29,22-18-25(30)31)23-19-26(32)33/h14-15H,2-13,16-23H2,1H3,(H2-,28,29,30,31,32,33)/p+1/b15-14+. The van der Waals surface area contributed by atoms with E-state index in [1.165, 1.54) is 64.2 Å². The maximum Gasteiger partial charge on any atom is 0.309 e. The van der Waals surface area contributed by atoms with Crippen molar-refractivity contribution in [2.24, 2.45) is 0 Å². The lowest BCUT2D eigenvalue weighted by Crippen LogP contribution is -2.52. The van der Waals surface area contributed by atoms with E-state index in [4.69, 9.17) is 15.3 Å². The molecule has 0 aromatic heterocycles. The Balaban J connectivity index is 4.23. The highest BCUT2D eigenvalue weighted by atomic mass is 16.4. The van der Waals surface area contributed by atoms with Crippen LogP contribution in [0.2, 0.25) is 0 Å². The number of nitrogens with zero attached hydrogens (tertiary/aromatic N) is 1. The molecule has 7 heteroatoms. The average molecular weight is 471 g/mol. The van der Waals surface area contributed by atoms with Gasteiger partial charge in [-0.25, -0.2) is 0 Å². The third-order valence-corrected chi connectivity index (χ3v) is 6.31. The molecule has 0 fully saturated rings. The van der Waals surface area contributed by atoms with Gasteiger partial charge in [0.25, 0.3) is 0 Å². The van der Waals surface area contributed by atoms with Crippen molar-refractivity contribution < 1.29 is 34.2 Å². The van der Waals surface area contributed by atoms with Crippen LogP contribution in [0, 0.1) is 0 Å². The summed E-state index contributed by atoms with van der Waals surface area (Å²) < 4.78 is 0.216. The van der Waals surface area contributed by atoms with Crippen molar-refractivity contribution in [3.63, 3.8) is 0 Å². The number of allylic oxidation sites excluding steroid dienone is 1. The van der Waals surface area contributed by atoms with Crippen LogP contribution in [-0.2, 0) is 14.4 Å². The zero-order chi connectivity index (χ0) is 24.8. The first-order chi connectivity index (χ1) is 15.8. The summed E-state index contributed by atoms with van der Waals surface area (Å²) >= 11 is 0. The Morgan fingerprint density at radius 2 is 0.909 bits per heavy atom. The summed E-state index contributed by atoms with van der Waals surface area (Å²) in [6, 6.07) is 0. The monoisotopic (exact) mass is 470 g/mol. The van der Waals surface area contributed by atoms with E-state index < -0.39 is 17.9 Å². The molecular weight excluding hydrogens is 422 g/mol. The number of carbonyl (C=O) groups is 3. The summed E-state index contributed by atoms with van der Waals surface area (Å²) in [5, 5.41) is 27.2. The molecule has 0 spiro atoms. The number of rotatable bonds is 24. The van der Waals surface area contributed by atoms with Gasteiger partial charge in [-0.05, 0) is 12.8 Å². The van der Waals surface area contributed by atoms with Gasteiger partial charge in [-0.3, -0.25) is 14.4 Å². The maximum absolute atomic E-state index is 11.1. The molecule has 0 saturated carbocycles. The highest BCUT2D eigenvalue weighted by Gasteiger charge is 2.29. The number of quaternary nitrogens is 1. The topological polar surface area (TPSA) is 112 Å². The van der Waals surface area contributed by atoms with E-state index in [1.54, 1.807) is 0 Å². The first-order valence-corrected chi connectivity index (χ1v) is 13.0. The predicted molar refractivity (Wildman–Crippen MR) is 131 cm³/mol. The second kappa shape index (κ2) is 20.7. The smallest absolute Gasteiger partial charge is 0.309 e. The van der Waals surface area contributed by atoms with Gasteiger partial charge >= 0.3 is 17.9 Å². The average Bonchev–Trinajstić information content (AvgIpc) is 2.76. The van der Waals surface area contributed by atoms with Gasteiger partial charge in [0.2, 0.25) is 0 Å². The molecule has 0 aliphatic carbocycles. The summed E-state index contributed by atoms with van der Waals surface area (Å²) in [4.78, 5) is 33.2. The van der Waals surface area contributed by atoms with Crippen LogP contribution in [0.25, 0.3) is 0 Å². The largest absolute Gasteiger partial charge is 0.481 e. The Bertz CT molecular complexity index is 515. The molecule has 0 aromatic carbocycles. The van der Waals surface area contributed by atoms with Crippen molar-refractivity contribution >= 4 is 17.9 Å². The molecule has 0 saturated heterocycles. The zero-order valence-corrected chi connectivity index (χ0v) is 20.8. The number of hydrogen-bond acceptors (Lipinski definition) is 3. The van der Waals surface area contributed by atoms with Crippen molar-refractivity contribution in [3.05, 3.63) is 12.2 Å². The number of aliphatic carboxylic acids is 3. The second-order valence-corrected chi connectivity index (χ2v) is 9.25. The number of carboxylic acid groups (broad SMARTS) is 3. The molecule has 0 heterocycles. The van der Waals surface area contributed by atoms with E-state index in [0.29, 0.717) is 13.0 Å². The van der Waals surface area contributed by atoms with E-state index in [-0.39, 0.29) is 43.4 Å². The second-order valence-electron chi connectivity index (χ2n) is 9.25. The van der Waals surface area contributed by atoms with Crippen LogP contribution in [-0.4, -0.2) is 63.9 Å². The van der Waals surface area contributed by atoms with Gasteiger partial charge in [0.15, 0.2) is 0 Å². The molecule has 0 bridgehead atoms. The molecule has 0 atom stereocenters. The molecule has 33 heavy (non-hydrogen) atoms. The van der Waals surface area contributed by atoms with Gasteiger partial charge in [-0.15, -0.1) is 0 Å². The lowest BCUT2D eigenvalue weighted by molar-refractivity contribution is -0.926. The summed E-state index contributed by atoms with van der Waals surface area (Å²) in [5.41, 5.74) is 0. The molecule has 0 aliphatic rings. The minimum Gasteiger partial charge on any atom is -0.481 e. The third-order valence-electron chi connectivity index (χ3n) is 6.31. The fraction of sp³-hybridized carbons (Fsp3) is 0.808. The summed E-state index contributed by atoms with van der Waals surface area (Å²) in [6.45, 7) is 3.56. The molecular formula is C26H48NO6+. The predicted octanol–water partition coefficient (Wildman–Crippen LogP) is 5.87. The van der Waals surface area contributed by atoms with Crippen LogP contribution in [0.15, 0.2) is 12.2 Å². The minimum atomic E-state index is -0.949. The van der Waals surface area contributed by atoms with Crippen LogP contribution < -0.4 is 0 Å². The van der Waals surface area contributed by atoms with Crippen LogP contribution in [0.1, 0.15) is 110 Å². The summed E-state index contributed by atoms with van der Waals surface area (Å²) in [6.07, 6.45) is 20.1. The summed E-state index contributed by atoms with van der Waals surface area (Å²) in [7, 11) is 0. The summed E-state index contributed by atoms with van der Waals surface area (Å²) in [5.74, 6) is -2.85. The van der Waals surface area contributed by atoms with Crippen molar-refractivity contribution in [2.75, 3.05) is 26.2 Å². The maximum atomic E-state index is 11.1. The number of carboxylic acids is 3. The van der Waals surface area contributed by atoms with E-state index in [0.717, 1.165) is 12.8 Å². The van der Waals surface area contributed by atoms with Crippen molar-refractivity contribution in [1.82, 2.24) is 0 Å². The molecule has 0 radical (unpaired) electrons. The Morgan fingerprint density at radius 1 is 0.545 bits per heavy atom. The quantitative estimate of drug-likeness (QED) is 0.0923. The lowest BCUT2D eigenvalue weighted by Gasteiger charge is -2.37. The number of hydrogen-bond donors (Lipinski definition) is 3. The SMILES string of the molecule is CCCCCCCCCCCCC/C=C/CC[N+](CCC(=O)O)(CCC(=O)O)CCC(=O)O. The fourth-order valence-corrected chi connectivity index (χ4v) is 4.18. The molecule has 0 rings (SSSR count). The normalized spacial score (nSPS) is 11.8. The van der Waals surface area contributed by atoms with E-state index in [1.807, 2.05) is 0 Å². The molecule has 7 nitrogen and oxygen atoms in total. The van der Waals surface area contributed by atoms with Gasteiger partial charge in [0.1, 0.15) is 0 Å².